The van der Waals surface area contributed by atoms with Crippen molar-refractivity contribution in [3.8, 4) is 0 Å². The highest BCUT2D eigenvalue weighted by molar-refractivity contribution is 5.24. The molecule has 0 unspecified atom stereocenters. The molecule has 6 heteroatoms. The molecule has 0 N–H and O–H groups in total. The Morgan fingerprint density at radius 1 is 1.12 bits per heavy atom. The van der Waals surface area contributed by atoms with Crippen LogP contribution in [0.1, 0.15) is 49.6 Å². The number of piperidine rings is 1. The maximum atomic E-state index is 12.6. The van der Waals surface area contributed by atoms with Crippen molar-refractivity contribution in [1.82, 2.24) is 14.5 Å². The number of hydrogen-bond acceptors (Lipinski definition) is 2. The van der Waals surface area contributed by atoms with E-state index < -0.39 is 11.7 Å². The monoisotopic (exact) mass is 365 g/mol. The first-order chi connectivity index (χ1) is 12.3. The van der Waals surface area contributed by atoms with Gasteiger partial charge in [-0.2, -0.15) is 13.2 Å². The van der Waals surface area contributed by atoms with Gasteiger partial charge >= 0.3 is 6.18 Å². The van der Waals surface area contributed by atoms with Crippen molar-refractivity contribution in [3.63, 3.8) is 0 Å². The molecule has 0 bridgehead atoms. The number of likely N-dealkylation sites (tertiary alicyclic amines) is 1. The minimum absolute atomic E-state index is 0.421. The summed E-state index contributed by atoms with van der Waals surface area (Å²) in [7, 11) is 0. The van der Waals surface area contributed by atoms with E-state index in [0.717, 1.165) is 43.9 Å². The molecule has 0 amide bonds. The quantitative estimate of drug-likeness (QED) is 0.748. The summed E-state index contributed by atoms with van der Waals surface area (Å²) in [5, 5.41) is 0. The largest absolute Gasteiger partial charge is 0.416 e. The molecule has 1 aliphatic heterocycles. The van der Waals surface area contributed by atoms with Gasteiger partial charge in [-0.25, -0.2) is 4.98 Å². The highest BCUT2D eigenvalue weighted by atomic mass is 19.4. The highest BCUT2D eigenvalue weighted by Gasteiger charge is 2.30. The Labute approximate surface area is 152 Å². The predicted octanol–water partition coefficient (Wildman–Crippen LogP) is 4.94. The first-order valence-corrected chi connectivity index (χ1v) is 9.22. The average Bonchev–Trinajstić information content (AvgIpc) is 3.05. The summed E-state index contributed by atoms with van der Waals surface area (Å²) < 4.78 is 40.2. The highest BCUT2D eigenvalue weighted by Crippen LogP contribution is 2.29. The van der Waals surface area contributed by atoms with E-state index in [2.05, 4.69) is 34.5 Å². The molecule has 0 radical (unpaired) electrons. The molecule has 142 valence electrons. The van der Waals surface area contributed by atoms with E-state index in [1.165, 1.54) is 12.1 Å². The molecular weight excluding hydrogens is 339 g/mol. The molecule has 1 aromatic heterocycles. The minimum Gasteiger partial charge on any atom is -0.334 e. The van der Waals surface area contributed by atoms with Crippen molar-refractivity contribution in [1.29, 1.82) is 0 Å². The van der Waals surface area contributed by atoms with Crippen molar-refractivity contribution >= 4 is 0 Å². The summed E-state index contributed by atoms with van der Waals surface area (Å²) in [4.78, 5) is 6.78. The van der Waals surface area contributed by atoms with Gasteiger partial charge in [0.1, 0.15) is 5.82 Å². The van der Waals surface area contributed by atoms with E-state index in [0.29, 0.717) is 18.4 Å². The van der Waals surface area contributed by atoms with Crippen molar-refractivity contribution in [2.75, 3.05) is 13.1 Å². The Bertz CT molecular complexity index is 696. The fourth-order valence-electron chi connectivity index (χ4n) is 3.64. The van der Waals surface area contributed by atoms with Crippen LogP contribution < -0.4 is 0 Å². The normalized spacial score (nSPS) is 17.2. The molecule has 2 heterocycles. The molecule has 1 aromatic carbocycles. The molecule has 0 saturated carbocycles. The number of nitrogens with zero attached hydrogens (tertiary/aromatic N) is 3. The van der Waals surface area contributed by atoms with Gasteiger partial charge in [0.2, 0.25) is 0 Å². The first-order valence-electron chi connectivity index (χ1n) is 9.22. The number of rotatable bonds is 5. The lowest BCUT2D eigenvalue weighted by Crippen LogP contribution is -2.34. The van der Waals surface area contributed by atoms with Crippen LogP contribution in [0.5, 0.6) is 0 Å². The van der Waals surface area contributed by atoms with Gasteiger partial charge in [-0.15, -0.1) is 0 Å². The summed E-state index contributed by atoms with van der Waals surface area (Å²) >= 11 is 0. The molecule has 0 aliphatic carbocycles. The number of imidazole rings is 1. The molecule has 1 fully saturated rings. The molecule has 3 rings (SSSR count). The zero-order valence-corrected chi connectivity index (χ0v) is 15.3. The fraction of sp³-hybridized carbons (Fsp3) is 0.550. The maximum Gasteiger partial charge on any atom is 0.416 e. The molecule has 3 nitrogen and oxygen atoms in total. The number of halogens is 3. The van der Waals surface area contributed by atoms with Gasteiger partial charge in [0.25, 0.3) is 0 Å². The molecule has 26 heavy (non-hydrogen) atoms. The van der Waals surface area contributed by atoms with Crippen LogP contribution in [-0.2, 0) is 19.3 Å². The second-order valence-corrected chi connectivity index (χ2v) is 7.51. The van der Waals surface area contributed by atoms with E-state index in [1.807, 2.05) is 6.20 Å². The SMILES string of the molecule is CC(C)c1nccn1CC1CCN(Cc2ccc(C(F)(F)F)cc2)CC1. The smallest absolute Gasteiger partial charge is 0.334 e. The summed E-state index contributed by atoms with van der Waals surface area (Å²) in [6, 6.07) is 5.54. The summed E-state index contributed by atoms with van der Waals surface area (Å²) in [5.41, 5.74) is 0.356. The summed E-state index contributed by atoms with van der Waals surface area (Å²) in [6.07, 6.45) is 1.88. The molecule has 0 atom stereocenters. The second-order valence-electron chi connectivity index (χ2n) is 7.51. The third-order valence-electron chi connectivity index (χ3n) is 5.11. The van der Waals surface area contributed by atoms with Crippen LogP contribution in [0.15, 0.2) is 36.7 Å². The van der Waals surface area contributed by atoms with Gasteiger partial charge in [0, 0.05) is 31.4 Å². The molecular formula is C20H26F3N3. The van der Waals surface area contributed by atoms with Gasteiger partial charge in [0.05, 0.1) is 5.56 Å². The van der Waals surface area contributed by atoms with Gasteiger partial charge in [-0.05, 0) is 49.5 Å². The third-order valence-corrected chi connectivity index (χ3v) is 5.11. The first kappa shape index (κ1) is 19.0. The lowest BCUT2D eigenvalue weighted by Gasteiger charge is -2.32. The molecule has 1 aliphatic rings. The number of benzene rings is 1. The van der Waals surface area contributed by atoms with E-state index in [-0.39, 0.29) is 0 Å². The average molecular weight is 365 g/mol. The minimum atomic E-state index is -4.26. The molecule has 1 saturated heterocycles. The number of aromatic nitrogens is 2. The number of alkyl halides is 3. The van der Waals surface area contributed by atoms with Gasteiger partial charge in [0.15, 0.2) is 0 Å². The van der Waals surface area contributed by atoms with Crippen LogP contribution in [0.3, 0.4) is 0 Å². The van der Waals surface area contributed by atoms with Crippen LogP contribution in [0.25, 0.3) is 0 Å². The topological polar surface area (TPSA) is 21.1 Å². The van der Waals surface area contributed by atoms with E-state index in [4.69, 9.17) is 0 Å². The van der Waals surface area contributed by atoms with Gasteiger partial charge in [-0.3, -0.25) is 4.90 Å². The molecule has 0 spiro atoms. The van der Waals surface area contributed by atoms with Crippen molar-refractivity contribution < 1.29 is 13.2 Å². The molecule has 2 aromatic rings. The van der Waals surface area contributed by atoms with E-state index in [9.17, 15) is 13.2 Å². The van der Waals surface area contributed by atoms with E-state index in [1.54, 1.807) is 12.1 Å². The van der Waals surface area contributed by atoms with Crippen LogP contribution >= 0.6 is 0 Å². The van der Waals surface area contributed by atoms with Crippen molar-refractivity contribution in [2.24, 2.45) is 5.92 Å². The second kappa shape index (κ2) is 7.82. The predicted molar refractivity (Wildman–Crippen MR) is 95.8 cm³/mol. The summed E-state index contributed by atoms with van der Waals surface area (Å²) in [5.74, 6) is 2.19. The van der Waals surface area contributed by atoms with Gasteiger partial charge in [-0.1, -0.05) is 26.0 Å². The van der Waals surface area contributed by atoms with Gasteiger partial charge < -0.3 is 4.57 Å². The van der Waals surface area contributed by atoms with Crippen LogP contribution in [0, 0.1) is 5.92 Å². The van der Waals surface area contributed by atoms with Crippen LogP contribution in [0.4, 0.5) is 13.2 Å². The Hall–Kier alpha value is -1.82. The lowest BCUT2D eigenvalue weighted by atomic mass is 9.96. The van der Waals surface area contributed by atoms with Crippen molar-refractivity contribution in [2.45, 2.75) is 51.9 Å². The Morgan fingerprint density at radius 3 is 2.35 bits per heavy atom. The van der Waals surface area contributed by atoms with Crippen LogP contribution in [-0.4, -0.2) is 27.5 Å². The lowest BCUT2D eigenvalue weighted by molar-refractivity contribution is -0.137. The Morgan fingerprint density at radius 2 is 1.77 bits per heavy atom. The maximum absolute atomic E-state index is 12.6. The standard InChI is InChI=1S/C20H26F3N3/c1-15(2)19-24-9-12-26(19)14-17-7-10-25(11-8-17)13-16-3-5-18(6-4-16)20(21,22)23/h3-6,9,12,15,17H,7-8,10-11,13-14H2,1-2H3. The zero-order chi connectivity index (χ0) is 18.7. The zero-order valence-electron chi connectivity index (χ0n) is 15.3. The number of hydrogen-bond donors (Lipinski definition) is 0. The summed E-state index contributed by atoms with van der Waals surface area (Å²) in [6.45, 7) is 8.00. The third kappa shape index (κ3) is 4.67. The van der Waals surface area contributed by atoms with E-state index >= 15 is 0 Å². The van der Waals surface area contributed by atoms with Crippen molar-refractivity contribution in [3.05, 3.63) is 53.6 Å². The Balaban J connectivity index is 1.50. The fourth-order valence-corrected chi connectivity index (χ4v) is 3.64. The Kier molecular flexibility index (Phi) is 5.70. The van der Waals surface area contributed by atoms with Crippen LogP contribution in [0.2, 0.25) is 0 Å².